The van der Waals surface area contributed by atoms with E-state index >= 15 is 0 Å². The van der Waals surface area contributed by atoms with Crippen LogP contribution in [0.15, 0.2) is 22.7 Å². The third kappa shape index (κ3) is 4.49. The predicted octanol–water partition coefficient (Wildman–Crippen LogP) is 2.28. The van der Waals surface area contributed by atoms with E-state index in [9.17, 15) is 9.90 Å². The zero-order chi connectivity index (χ0) is 14.5. The minimum Gasteiger partial charge on any atom is -0.496 e. The fraction of sp³-hybridized carbons (Fsp3) is 0.533. The van der Waals surface area contributed by atoms with Crippen LogP contribution in [0.5, 0.6) is 5.75 Å². The van der Waals surface area contributed by atoms with Gasteiger partial charge in [0.15, 0.2) is 0 Å². The lowest BCUT2D eigenvalue weighted by atomic mass is 10.1. The monoisotopic (exact) mass is 341 g/mol. The molecule has 2 rings (SSSR count). The Labute approximate surface area is 127 Å². The molecule has 1 fully saturated rings. The van der Waals surface area contributed by atoms with Crippen LogP contribution in [0.3, 0.4) is 0 Å². The van der Waals surface area contributed by atoms with E-state index in [1.165, 1.54) is 0 Å². The number of amides is 1. The van der Waals surface area contributed by atoms with E-state index in [1.54, 1.807) is 7.11 Å². The Morgan fingerprint density at radius 2 is 2.30 bits per heavy atom. The van der Waals surface area contributed by atoms with Gasteiger partial charge in [-0.3, -0.25) is 4.79 Å². The molecule has 1 saturated carbocycles. The van der Waals surface area contributed by atoms with Crippen LogP contribution in [0, 0.1) is 5.92 Å². The van der Waals surface area contributed by atoms with Crippen molar-refractivity contribution in [3.8, 4) is 5.75 Å². The highest BCUT2D eigenvalue weighted by atomic mass is 79.9. The molecule has 1 amide bonds. The summed E-state index contributed by atoms with van der Waals surface area (Å²) < 4.78 is 6.06. The van der Waals surface area contributed by atoms with Gasteiger partial charge in [0, 0.05) is 13.0 Å². The molecule has 4 nitrogen and oxygen atoms in total. The van der Waals surface area contributed by atoms with Crippen LogP contribution >= 0.6 is 15.9 Å². The summed E-state index contributed by atoms with van der Waals surface area (Å²) in [4.78, 5) is 11.7. The molecule has 0 aliphatic heterocycles. The van der Waals surface area contributed by atoms with Gasteiger partial charge in [0.05, 0.1) is 17.7 Å². The number of rotatable bonds is 7. The molecule has 1 aromatic carbocycles. The number of ether oxygens (including phenoxy) is 1. The van der Waals surface area contributed by atoms with Gasteiger partial charge >= 0.3 is 0 Å². The van der Waals surface area contributed by atoms with Gasteiger partial charge in [-0.2, -0.15) is 0 Å². The van der Waals surface area contributed by atoms with Crippen molar-refractivity contribution in [2.45, 2.75) is 31.8 Å². The van der Waals surface area contributed by atoms with Crippen molar-refractivity contribution in [3.05, 3.63) is 28.2 Å². The first-order chi connectivity index (χ1) is 9.60. The van der Waals surface area contributed by atoms with Crippen molar-refractivity contribution in [1.29, 1.82) is 0 Å². The highest BCUT2D eigenvalue weighted by molar-refractivity contribution is 9.10. The van der Waals surface area contributed by atoms with E-state index in [1.807, 2.05) is 18.2 Å². The van der Waals surface area contributed by atoms with Gasteiger partial charge < -0.3 is 15.2 Å². The lowest BCUT2D eigenvalue weighted by Gasteiger charge is -2.11. The van der Waals surface area contributed by atoms with Gasteiger partial charge in [-0.25, -0.2) is 0 Å². The second kappa shape index (κ2) is 7.09. The Hall–Kier alpha value is -1.07. The molecule has 1 aliphatic carbocycles. The molecular formula is C15H20BrNO3. The second-order valence-electron chi connectivity index (χ2n) is 5.18. The van der Waals surface area contributed by atoms with E-state index in [4.69, 9.17) is 4.74 Å². The van der Waals surface area contributed by atoms with Gasteiger partial charge in [0.1, 0.15) is 5.75 Å². The maximum Gasteiger partial charge on any atom is 0.220 e. The Morgan fingerprint density at radius 3 is 2.90 bits per heavy atom. The van der Waals surface area contributed by atoms with Gasteiger partial charge in [0.2, 0.25) is 5.91 Å². The zero-order valence-electron chi connectivity index (χ0n) is 11.6. The molecule has 1 unspecified atom stereocenters. The standard InChI is InChI=1S/C15H20BrNO3/c1-20-14-6-2-10(8-12(14)16)3-7-15(19)17-9-13(18)11-4-5-11/h2,6,8,11,13,18H,3-5,7,9H2,1H3,(H,17,19). The minimum absolute atomic E-state index is 0.0170. The number of carbonyl (C=O) groups is 1. The second-order valence-corrected chi connectivity index (χ2v) is 6.03. The summed E-state index contributed by atoms with van der Waals surface area (Å²) in [5, 5.41) is 12.5. The van der Waals surface area contributed by atoms with Gasteiger partial charge in [0.25, 0.3) is 0 Å². The number of aliphatic hydroxyl groups excluding tert-OH is 1. The number of hydrogen-bond donors (Lipinski definition) is 2. The van der Waals surface area contributed by atoms with Crippen molar-refractivity contribution in [1.82, 2.24) is 5.32 Å². The maximum atomic E-state index is 11.7. The van der Waals surface area contributed by atoms with Crippen molar-refractivity contribution in [3.63, 3.8) is 0 Å². The fourth-order valence-corrected chi connectivity index (χ4v) is 2.67. The molecule has 0 saturated heterocycles. The highest BCUT2D eigenvalue weighted by Gasteiger charge is 2.29. The largest absolute Gasteiger partial charge is 0.496 e. The van der Waals surface area contributed by atoms with E-state index in [2.05, 4.69) is 21.2 Å². The summed E-state index contributed by atoms with van der Waals surface area (Å²) in [7, 11) is 1.62. The lowest BCUT2D eigenvalue weighted by Crippen LogP contribution is -2.33. The Kier molecular flexibility index (Phi) is 5.43. The van der Waals surface area contributed by atoms with E-state index in [-0.39, 0.29) is 12.0 Å². The van der Waals surface area contributed by atoms with E-state index < -0.39 is 0 Å². The fourth-order valence-electron chi connectivity index (χ4n) is 2.08. The smallest absolute Gasteiger partial charge is 0.220 e. The van der Waals surface area contributed by atoms with Crippen LogP contribution in [0.2, 0.25) is 0 Å². The van der Waals surface area contributed by atoms with Gasteiger partial charge in [-0.05, 0) is 58.8 Å². The topological polar surface area (TPSA) is 58.6 Å². The number of methoxy groups -OCH3 is 1. The summed E-state index contributed by atoms with van der Waals surface area (Å²) >= 11 is 3.43. The molecule has 1 atom stereocenters. The molecule has 5 heteroatoms. The molecule has 0 bridgehead atoms. The molecule has 1 aliphatic rings. The molecule has 0 radical (unpaired) electrons. The molecule has 0 spiro atoms. The third-order valence-electron chi connectivity index (χ3n) is 3.53. The van der Waals surface area contributed by atoms with Crippen LogP contribution in [-0.4, -0.2) is 30.8 Å². The first-order valence-electron chi connectivity index (χ1n) is 6.87. The number of aryl methyl sites for hydroxylation is 1. The number of aliphatic hydroxyl groups is 1. The summed E-state index contributed by atoms with van der Waals surface area (Å²) in [6.07, 6.45) is 2.88. The van der Waals surface area contributed by atoms with Crippen LogP contribution in [0.1, 0.15) is 24.8 Å². The molecule has 0 heterocycles. The molecule has 110 valence electrons. The lowest BCUT2D eigenvalue weighted by molar-refractivity contribution is -0.121. The Balaban J connectivity index is 1.73. The van der Waals surface area contributed by atoms with Gasteiger partial charge in [-0.15, -0.1) is 0 Å². The average molecular weight is 342 g/mol. The number of carbonyl (C=O) groups excluding carboxylic acids is 1. The maximum absolute atomic E-state index is 11.7. The van der Waals surface area contributed by atoms with Gasteiger partial charge in [-0.1, -0.05) is 6.07 Å². The van der Waals surface area contributed by atoms with Crippen molar-refractivity contribution < 1.29 is 14.6 Å². The third-order valence-corrected chi connectivity index (χ3v) is 4.15. The Morgan fingerprint density at radius 1 is 1.55 bits per heavy atom. The van der Waals surface area contributed by atoms with Crippen molar-refractivity contribution >= 4 is 21.8 Å². The predicted molar refractivity (Wildman–Crippen MR) is 80.8 cm³/mol. The summed E-state index contributed by atoms with van der Waals surface area (Å²) in [6.45, 7) is 0.371. The van der Waals surface area contributed by atoms with Crippen molar-refractivity contribution in [2.75, 3.05) is 13.7 Å². The molecule has 0 aromatic heterocycles. The molecule has 1 aromatic rings. The van der Waals surface area contributed by atoms with Crippen LogP contribution in [0.4, 0.5) is 0 Å². The highest BCUT2D eigenvalue weighted by Crippen LogP contribution is 2.32. The first kappa shape index (κ1) is 15.3. The van der Waals surface area contributed by atoms with Crippen molar-refractivity contribution in [2.24, 2.45) is 5.92 Å². The summed E-state index contributed by atoms with van der Waals surface area (Å²) in [5.41, 5.74) is 1.08. The van der Waals surface area contributed by atoms with Crippen LogP contribution < -0.4 is 10.1 Å². The van der Waals surface area contributed by atoms with E-state index in [0.717, 1.165) is 28.6 Å². The zero-order valence-corrected chi connectivity index (χ0v) is 13.1. The summed E-state index contributed by atoms with van der Waals surface area (Å²) in [5.74, 6) is 1.16. The summed E-state index contributed by atoms with van der Waals surface area (Å²) in [6, 6.07) is 5.80. The molecular weight excluding hydrogens is 322 g/mol. The first-order valence-corrected chi connectivity index (χ1v) is 7.66. The quantitative estimate of drug-likeness (QED) is 0.799. The molecule has 2 N–H and O–H groups in total. The van der Waals surface area contributed by atoms with Crippen LogP contribution in [0.25, 0.3) is 0 Å². The SMILES string of the molecule is COc1ccc(CCC(=O)NCC(O)C2CC2)cc1Br. The average Bonchev–Trinajstić information content (AvgIpc) is 3.27. The Bertz CT molecular complexity index is 474. The molecule has 20 heavy (non-hydrogen) atoms. The number of halogens is 1. The number of nitrogens with one attached hydrogen (secondary N) is 1. The van der Waals surface area contributed by atoms with E-state index in [0.29, 0.717) is 25.3 Å². The van der Waals surface area contributed by atoms with Crippen LogP contribution in [-0.2, 0) is 11.2 Å². The normalized spacial score (nSPS) is 15.8. The number of hydrogen-bond acceptors (Lipinski definition) is 3. The number of benzene rings is 1. The minimum atomic E-state index is -0.380.